The van der Waals surface area contributed by atoms with Crippen LogP contribution < -0.4 is 0 Å². The van der Waals surface area contributed by atoms with Crippen molar-refractivity contribution in [3.8, 4) is 0 Å². The Morgan fingerprint density at radius 2 is 1.74 bits per heavy atom. The van der Waals surface area contributed by atoms with Gasteiger partial charge in [0.25, 0.3) is 0 Å². The maximum absolute atomic E-state index is 12.4. The number of Topliss-reactive ketones (excluding diaryl/α,β-unsaturated/α-hetero) is 2. The van der Waals surface area contributed by atoms with Crippen LogP contribution in [0.2, 0.25) is 0 Å². The van der Waals surface area contributed by atoms with Gasteiger partial charge in [0.05, 0.1) is 5.92 Å². The largest absolute Gasteiger partial charge is 0.293 e. The van der Waals surface area contributed by atoms with Crippen LogP contribution in [0.15, 0.2) is 48.5 Å². The molecule has 2 heteroatoms. The normalized spacial score (nSPS) is 17.3. The van der Waals surface area contributed by atoms with Crippen molar-refractivity contribution >= 4 is 11.6 Å². The fraction of sp³-hybridized carbons (Fsp3) is 0.176. The number of ketones is 2. The minimum atomic E-state index is -0.542. The maximum Gasteiger partial charge on any atom is 0.174 e. The van der Waals surface area contributed by atoms with Crippen molar-refractivity contribution in [2.45, 2.75) is 13.3 Å². The molecule has 0 heterocycles. The van der Waals surface area contributed by atoms with Gasteiger partial charge in [0.2, 0.25) is 0 Å². The third-order valence-corrected chi connectivity index (χ3v) is 3.68. The fourth-order valence-electron chi connectivity index (χ4n) is 2.57. The summed E-state index contributed by atoms with van der Waals surface area (Å²) < 4.78 is 0. The van der Waals surface area contributed by atoms with Gasteiger partial charge < -0.3 is 0 Å². The Bertz CT molecular complexity index is 653. The van der Waals surface area contributed by atoms with Crippen LogP contribution in [-0.2, 0) is 6.42 Å². The summed E-state index contributed by atoms with van der Waals surface area (Å²) in [5.74, 6) is -0.650. The smallest absolute Gasteiger partial charge is 0.174 e. The van der Waals surface area contributed by atoms with Crippen LogP contribution in [0.4, 0.5) is 0 Å². The van der Waals surface area contributed by atoms with Crippen LogP contribution in [0.1, 0.15) is 31.8 Å². The lowest BCUT2D eigenvalue weighted by molar-refractivity contribution is 0.0822. The molecule has 0 spiro atoms. The van der Waals surface area contributed by atoms with Gasteiger partial charge in [-0.05, 0) is 18.9 Å². The zero-order valence-electron chi connectivity index (χ0n) is 10.7. The minimum absolute atomic E-state index is 0.0406. The Kier molecular flexibility index (Phi) is 2.79. The van der Waals surface area contributed by atoms with Crippen molar-refractivity contribution in [1.29, 1.82) is 0 Å². The molecule has 0 fully saturated rings. The number of carbonyl (C=O) groups excluding carboxylic acids is 2. The van der Waals surface area contributed by atoms with Gasteiger partial charge in [-0.1, -0.05) is 54.1 Å². The Morgan fingerprint density at radius 1 is 1.05 bits per heavy atom. The second kappa shape index (κ2) is 4.47. The van der Waals surface area contributed by atoms with Crippen molar-refractivity contribution in [2.24, 2.45) is 5.92 Å². The highest BCUT2D eigenvalue weighted by Gasteiger charge is 2.35. The average Bonchev–Trinajstić information content (AvgIpc) is 2.77. The van der Waals surface area contributed by atoms with E-state index in [0.29, 0.717) is 17.5 Å². The van der Waals surface area contributed by atoms with Gasteiger partial charge in [0, 0.05) is 11.1 Å². The lowest BCUT2D eigenvalue weighted by Gasteiger charge is -2.07. The molecule has 2 aromatic carbocycles. The van der Waals surface area contributed by atoms with Crippen LogP contribution in [-0.4, -0.2) is 11.6 Å². The number of hydrogen-bond donors (Lipinski definition) is 0. The Morgan fingerprint density at radius 3 is 2.42 bits per heavy atom. The number of benzene rings is 2. The lowest BCUT2D eigenvalue weighted by atomic mass is 9.94. The van der Waals surface area contributed by atoms with E-state index in [1.807, 2.05) is 37.3 Å². The molecule has 94 valence electrons. The molecule has 3 rings (SSSR count). The lowest BCUT2D eigenvalue weighted by Crippen LogP contribution is -2.20. The van der Waals surface area contributed by atoms with Gasteiger partial charge in [-0.3, -0.25) is 9.59 Å². The molecule has 0 saturated carbocycles. The standard InChI is InChI=1S/C17H14O2/c1-11-6-8-12(9-7-11)16(18)15-10-13-4-2-3-5-14(13)17(15)19/h2-9,15H,10H2,1H3. The summed E-state index contributed by atoms with van der Waals surface area (Å²) in [4.78, 5) is 24.7. The highest BCUT2D eigenvalue weighted by molar-refractivity contribution is 6.18. The number of aryl methyl sites for hydroxylation is 1. The summed E-state index contributed by atoms with van der Waals surface area (Å²) >= 11 is 0. The van der Waals surface area contributed by atoms with Gasteiger partial charge in [0.15, 0.2) is 11.6 Å². The molecule has 0 aliphatic heterocycles. The van der Waals surface area contributed by atoms with E-state index in [1.54, 1.807) is 18.2 Å². The third kappa shape index (κ3) is 1.99. The Labute approximate surface area is 112 Å². The van der Waals surface area contributed by atoms with Crippen LogP contribution in [0.25, 0.3) is 0 Å². The monoisotopic (exact) mass is 250 g/mol. The van der Waals surface area contributed by atoms with Gasteiger partial charge in [-0.15, -0.1) is 0 Å². The summed E-state index contributed by atoms with van der Waals surface area (Å²) in [6, 6.07) is 14.9. The molecule has 0 amide bonds. The first kappa shape index (κ1) is 11.8. The SMILES string of the molecule is Cc1ccc(C(=O)C2Cc3ccccc3C2=O)cc1. The highest BCUT2D eigenvalue weighted by atomic mass is 16.2. The summed E-state index contributed by atoms with van der Waals surface area (Å²) in [6.45, 7) is 1.98. The van der Waals surface area contributed by atoms with E-state index in [2.05, 4.69) is 0 Å². The quantitative estimate of drug-likeness (QED) is 0.605. The number of hydrogen-bond acceptors (Lipinski definition) is 2. The first-order valence-electron chi connectivity index (χ1n) is 6.40. The van der Waals surface area contributed by atoms with E-state index in [-0.39, 0.29) is 11.6 Å². The molecule has 0 N–H and O–H groups in total. The highest BCUT2D eigenvalue weighted by Crippen LogP contribution is 2.29. The topological polar surface area (TPSA) is 34.1 Å². The molecular weight excluding hydrogens is 236 g/mol. The number of fused-ring (bicyclic) bond motifs is 1. The summed E-state index contributed by atoms with van der Waals surface area (Å²) in [5.41, 5.74) is 3.42. The third-order valence-electron chi connectivity index (χ3n) is 3.68. The first-order chi connectivity index (χ1) is 9.16. The van der Waals surface area contributed by atoms with Gasteiger partial charge in [-0.2, -0.15) is 0 Å². The Hall–Kier alpha value is -2.22. The van der Waals surface area contributed by atoms with E-state index >= 15 is 0 Å². The van der Waals surface area contributed by atoms with Crippen molar-refractivity contribution in [2.75, 3.05) is 0 Å². The molecule has 0 radical (unpaired) electrons. The van der Waals surface area contributed by atoms with Crippen LogP contribution in [0.5, 0.6) is 0 Å². The van der Waals surface area contributed by atoms with Crippen molar-refractivity contribution in [3.63, 3.8) is 0 Å². The Balaban J connectivity index is 1.91. The van der Waals surface area contributed by atoms with Crippen LogP contribution >= 0.6 is 0 Å². The predicted molar refractivity (Wildman–Crippen MR) is 73.5 cm³/mol. The molecular formula is C17H14O2. The zero-order valence-corrected chi connectivity index (χ0v) is 10.7. The van der Waals surface area contributed by atoms with E-state index in [0.717, 1.165) is 11.1 Å². The molecule has 1 aliphatic rings. The summed E-state index contributed by atoms with van der Waals surface area (Å²) in [6.07, 6.45) is 0.529. The van der Waals surface area contributed by atoms with Crippen LogP contribution in [0, 0.1) is 12.8 Å². The predicted octanol–water partition coefficient (Wildman–Crippen LogP) is 3.23. The van der Waals surface area contributed by atoms with Crippen molar-refractivity contribution < 1.29 is 9.59 Å². The molecule has 2 aromatic rings. The van der Waals surface area contributed by atoms with Crippen molar-refractivity contribution in [1.82, 2.24) is 0 Å². The van der Waals surface area contributed by atoms with E-state index < -0.39 is 5.92 Å². The molecule has 1 atom stereocenters. The fourth-order valence-corrected chi connectivity index (χ4v) is 2.57. The molecule has 0 aromatic heterocycles. The van der Waals surface area contributed by atoms with Crippen molar-refractivity contribution in [3.05, 3.63) is 70.8 Å². The molecule has 1 unspecified atom stereocenters. The molecule has 0 bridgehead atoms. The summed E-state index contributed by atoms with van der Waals surface area (Å²) in [7, 11) is 0. The first-order valence-corrected chi connectivity index (χ1v) is 6.40. The maximum atomic E-state index is 12.4. The number of rotatable bonds is 2. The zero-order chi connectivity index (χ0) is 13.4. The van der Waals surface area contributed by atoms with Gasteiger partial charge in [0.1, 0.15) is 0 Å². The second-order valence-electron chi connectivity index (χ2n) is 5.01. The second-order valence-corrected chi connectivity index (χ2v) is 5.01. The van der Waals surface area contributed by atoms with Gasteiger partial charge in [-0.25, -0.2) is 0 Å². The van der Waals surface area contributed by atoms with Crippen LogP contribution in [0.3, 0.4) is 0 Å². The summed E-state index contributed by atoms with van der Waals surface area (Å²) in [5, 5.41) is 0. The average molecular weight is 250 g/mol. The molecule has 19 heavy (non-hydrogen) atoms. The van der Waals surface area contributed by atoms with E-state index in [9.17, 15) is 9.59 Å². The number of carbonyl (C=O) groups is 2. The molecule has 2 nitrogen and oxygen atoms in total. The van der Waals surface area contributed by atoms with E-state index in [4.69, 9.17) is 0 Å². The van der Waals surface area contributed by atoms with E-state index in [1.165, 1.54) is 0 Å². The molecule has 0 saturated heterocycles. The molecule has 1 aliphatic carbocycles. The van der Waals surface area contributed by atoms with Gasteiger partial charge >= 0.3 is 0 Å². The minimum Gasteiger partial charge on any atom is -0.293 e.